The summed E-state index contributed by atoms with van der Waals surface area (Å²) in [5.41, 5.74) is 1.40. The lowest BCUT2D eigenvalue weighted by atomic mass is 9.85. The molecule has 0 saturated carbocycles. The van der Waals surface area contributed by atoms with Crippen LogP contribution in [0.2, 0.25) is 0 Å². The molecule has 1 amide bonds. The first-order chi connectivity index (χ1) is 18.2. The number of para-hydroxylation sites is 1. The lowest BCUT2D eigenvalue weighted by Crippen LogP contribution is -2.57. The zero-order chi connectivity index (χ0) is 25.2. The molecule has 11 heteroatoms. The van der Waals surface area contributed by atoms with Crippen LogP contribution in [0.1, 0.15) is 31.1 Å². The van der Waals surface area contributed by atoms with Gasteiger partial charge >= 0.3 is 0 Å². The average Bonchev–Trinajstić information content (AvgIpc) is 3.55. The average molecular weight is 522 g/mol. The number of amides is 1. The molecule has 0 aliphatic carbocycles. The topological polar surface area (TPSA) is 97.6 Å². The third-order valence-electron chi connectivity index (χ3n) is 7.63. The maximum Gasteiger partial charge on any atom is 0.247 e. The quantitative estimate of drug-likeness (QED) is 0.503. The van der Waals surface area contributed by atoms with Gasteiger partial charge in [0.1, 0.15) is 18.8 Å². The summed E-state index contributed by atoms with van der Waals surface area (Å²) in [4.78, 5) is 17.8. The molecule has 6 rings (SSSR count). The van der Waals surface area contributed by atoms with Gasteiger partial charge in [0.15, 0.2) is 17.3 Å². The van der Waals surface area contributed by atoms with E-state index in [1.54, 1.807) is 0 Å². The predicted octanol–water partition coefficient (Wildman–Crippen LogP) is 2.66. The van der Waals surface area contributed by atoms with E-state index < -0.39 is 5.54 Å². The summed E-state index contributed by atoms with van der Waals surface area (Å²) in [5, 5.41) is 16.0. The Morgan fingerprint density at radius 3 is 2.62 bits per heavy atom. The number of ether oxygens (including phenoxy) is 2. The second kappa shape index (κ2) is 10.2. The van der Waals surface area contributed by atoms with E-state index in [0.29, 0.717) is 25.6 Å². The van der Waals surface area contributed by atoms with Crippen molar-refractivity contribution < 1.29 is 14.3 Å². The van der Waals surface area contributed by atoms with Crippen molar-refractivity contribution in [1.29, 1.82) is 0 Å². The number of rotatable bonds is 7. The zero-order valence-electron chi connectivity index (χ0n) is 20.9. The van der Waals surface area contributed by atoms with Crippen LogP contribution in [0.5, 0.6) is 11.5 Å². The highest BCUT2D eigenvalue weighted by atomic mass is 32.2. The van der Waals surface area contributed by atoms with Crippen LogP contribution in [0.15, 0.2) is 48.5 Å². The van der Waals surface area contributed by atoms with E-state index >= 15 is 0 Å². The Bertz CT molecular complexity index is 1250. The van der Waals surface area contributed by atoms with Gasteiger partial charge < -0.3 is 19.7 Å². The van der Waals surface area contributed by atoms with Crippen LogP contribution in [0.3, 0.4) is 0 Å². The maximum absolute atomic E-state index is 13.1. The fraction of sp³-hybridized carbons (Fsp3) is 0.462. The number of carbonyl (C=O) groups excluding carboxylic acids is 1. The molecule has 1 N–H and O–H groups in total. The summed E-state index contributed by atoms with van der Waals surface area (Å²) < 4.78 is 13.3. The lowest BCUT2D eigenvalue weighted by molar-refractivity contribution is -0.125. The molecule has 0 radical (unpaired) electrons. The number of likely N-dealkylation sites (tertiary alicyclic amines) is 1. The van der Waals surface area contributed by atoms with E-state index in [-0.39, 0.29) is 11.9 Å². The monoisotopic (exact) mass is 521 g/mol. The van der Waals surface area contributed by atoms with Gasteiger partial charge in [-0.2, -0.15) is 16.4 Å². The molecule has 0 bridgehead atoms. The summed E-state index contributed by atoms with van der Waals surface area (Å²) in [6.45, 7) is 3.18. The standard InChI is InChI=1S/C26H31N7O3S/c1-37-16-9-21(24-28-29-30-33(24)20-7-8-22-23(17-20)36-15-14-35-22)31-12-10-26(11-13-31)25(34)27-18-32(26)19-5-3-2-4-6-19/h2-8,17,21H,9-16,18H2,1H3,(H,27,34). The van der Waals surface area contributed by atoms with Crippen molar-refractivity contribution in [3.05, 3.63) is 54.4 Å². The number of benzene rings is 2. The van der Waals surface area contributed by atoms with Crippen LogP contribution >= 0.6 is 11.8 Å². The SMILES string of the molecule is CSCCC(c1nnnn1-c1ccc2c(c1)OCCO2)N1CCC2(CC1)C(=O)NCN2c1ccccc1. The van der Waals surface area contributed by atoms with Crippen molar-refractivity contribution >= 4 is 23.4 Å². The molecule has 3 aromatic rings. The minimum atomic E-state index is -0.524. The minimum Gasteiger partial charge on any atom is -0.486 e. The maximum atomic E-state index is 13.1. The molecule has 2 saturated heterocycles. The van der Waals surface area contributed by atoms with Crippen LogP contribution in [0.4, 0.5) is 5.69 Å². The number of piperidine rings is 1. The Morgan fingerprint density at radius 2 is 1.84 bits per heavy atom. The van der Waals surface area contributed by atoms with Crippen molar-refractivity contribution in [2.75, 3.05) is 49.9 Å². The van der Waals surface area contributed by atoms with E-state index in [2.05, 4.69) is 49.0 Å². The second-order valence-electron chi connectivity index (χ2n) is 9.57. The van der Waals surface area contributed by atoms with Gasteiger partial charge in [-0.3, -0.25) is 9.69 Å². The molecule has 37 heavy (non-hydrogen) atoms. The Kier molecular flexibility index (Phi) is 6.64. The molecule has 1 spiro atoms. The zero-order valence-corrected chi connectivity index (χ0v) is 21.7. The molecule has 194 valence electrons. The first-order valence-electron chi connectivity index (χ1n) is 12.7. The summed E-state index contributed by atoms with van der Waals surface area (Å²) in [6, 6.07) is 16.1. The van der Waals surface area contributed by atoms with Gasteiger partial charge in [0, 0.05) is 24.8 Å². The number of hydrogen-bond acceptors (Lipinski definition) is 9. The number of tetrazole rings is 1. The van der Waals surface area contributed by atoms with Crippen molar-refractivity contribution in [2.45, 2.75) is 30.8 Å². The number of fused-ring (bicyclic) bond motifs is 1. The number of thioether (sulfide) groups is 1. The third-order valence-corrected chi connectivity index (χ3v) is 8.27. The molecule has 1 unspecified atom stereocenters. The summed E-state index contributed by atoms with van der Waals surface area (Å²) in [7, 11) is 0. The number of nitrogens with zero attached hydrogens (tertiary/aromatic N) is 6. The first kappa shape index (κ1) is 24.1. The number of nitrogens with one attached hydrogen (secondary N) is 1. The fourth-order valence-electron chi connectivity index (χ4n) is 5.69. The summed E-state index contributed by atoms with van der Waals surface area (Å²) >= 11 is 1.81. The second-order valence-corrected chi connectivity index (χ2v) is 10.6. The van der Waals surface area contributed by atoms with E-state index in [1.165, 1.54) is 0 Å². The van der Waals surface area contributed by atoms with Gasteiger partial charge in [-0.25, -0.2) is 0 Å². The molecule has 10 nitrogen and oxygen atoms in total. The Balaban J connectivity index is 1.26. The van der Waals surface area contributed by atoms with Crippen molar-refractivity contribution in [1.82, 2.24) is 30.4 Å². The van der Waals surface area contributed by atoms with Crippen LogP contribution in [0.25, 0.3) is 5.69 Å². The third kappa shape index (κ3) is 4.40. The van der Waals surface area contributed by atoms with E-state index in [0.717, 1.165) is 61.1 Å². The molecular weight excluding hydrogens is 490 g/mol. The van der Waals surface area contributed by atoms with Crippen molar-refractivity contribution in [2.24, 2.45) is 0 Å². The fourth-order valence-corrected chi connectivity index (χ4v) is 6.15. The highest BCUT2D eigenvalue weighted by molar-refractivity contribution is 7.98. The highest BCUT2D eigenvalue weighted by Crippen LogP contribution is 2.39. The number of hydrogen-bond donors (Lipinski definition) is 1. The van der Waals surface area contributed by atoms with Crippen molar-refractivity contribution in [3.63, 3.8) is 0 Å². The Hall–Kier alpha value is -3.31. The molecule has 1 aromatic heterocycles. The minimum absolute atomic E-state index is 0.0302. The molecule has 2 aromatic carbocycles. The van der Waals surface area contributed by atoms with Gasteiger partial charge in [-0.15, -0.1) is 5.10 Å². The lowest BCUT2D eigenvalue weighted by Gasteiger charge is -2.45. The van der Waals surface area contributed by atoms with Gasteiger partial charge in [-0.05, 0) is 66.0 Å². The van der Waals surface area contributed by atoms with Gasteiger partial charge in [0.25, 0.3) is 0 Å². The normalized spacial score (nSPS) is 19.7. The van der Waals surface area contributed by atoms with Gasteiger partial charge in [0.05, 0.1) is 18.4 Å². The Morgan fingerprint density at radius 1 is 1.05 bits per heavy atom. The molecule has 3 aliphatic rings. The Labute approximate surface area is 220 Å². The largest absolute Gasteiger partial charge is 0.486 e. The van der Waals surface area contributed by atoms with Crippen LogP contribution in [-0.4, -0.2) is 81.5 Å². The summed E-state index contributed by atoms with van der Waals surface area (Å²) in [6.07, 6.45) is 4.52. The number of carbonyl (C=O) groups is 1. The smallest absolute Gasteiger partial charge is 0.247 e. The first-order valence-corrected chi connectivity index (χ1v) is 14.1. The highest BCUT2D eigenvalue weighted by Gasteiger charge is 2.51. The van der Waals surface area contributed by atoms with Crippen LogP contribution in [-0.2, 0) is 4.79 Å². The van der Waals surface area contributed by atoms with Crippen LogP contribution in [0, 0.1) is 0 Å². The number of aromatic nitrogens is 4. The van der Waals surface area contributed by atoms with E-state index in [4.69, 9.17) is 9.47 Å². The molecule has 3 aliphatic heterocycles. The molecule has 4 heterocycles. The number of anilines is 1. The molecule has 2 fully saturated rings. The summed E-state index contributed by atoms with van der Waals surface area (Å²) in [5.74, 6) is 3.36. The molecular formula is C26H31N7O3S. The van der Waals surface area contributed by atoms with Gasteiger partial charge in [-0.1, -0.05) is 18.2 Å². The van der Waals surface area contributed by atoms with Gasteiger partial charge in [0.2, 0.25) is 5.91 Å². The van der Waals surface area contributed by atoms with E-state index in [9.17, 15) is 4.79 Å². The van der Waals surface area contributed by atoms with Crippen molar-refractivity contribution in [3.8, 4) is 17.2 Å². The van der Waals surface area contributed by atoms with E-state index in [1.807, 2.05) is 52.8 Å². The van der Waals surface area contributed by atoms with Crippen LogP contribution < -0.4 is 19.7 Å². The molecule has 1 atom stereocenters. The predicted molar refractivity (Wildman–Crippen MR) is 141 cm³/mol.